The molecule has 0 aromatic heterocycles. The van der Waals surface area contributed by atoms with Crippen LogP contribution >= 0.6 is 11.8 Å². The van der Waals surface area contributed by atoms with Crippen molar-refractivity contribution in [2.75, 3.05) is 39.0 Å². The zero-order valence-corrected chi connectivity index (χ0v) is 12.3. The van der Waals surface area contributed by atoms with Crippen molar-refractivity contribution in [2.45, 2.75) is 18.2 Å². The summed E-state index contributed by atoms with van der Waals surface area (Å²) in [4.78, 5) is 4.00. The van der Waals surface area contributed by atoms with Gasteiger partial charge in [-0.15, -0.1) is 11.8 Å². The maximum Gasteiger partial charge on any atom is 0.0108 e. The van der Waals surface area contributed by atoms with Gasteiger partial charge in [-0.3, -0.25) is 0 Å². The van der Waals surface area contributed by atoms with Crippen LogP contribution in [-0.4, -0.2) is 43.9 Å². The number of rotatable bonds is 6. The Morgan fingerprint density at radius 2 is 2.11 bits per heavy atom. The number of nitrogens with zero attached hydrogens (tertiary/aromatic N) is 1. The largest absolute Gasteiger partial charge is 0.319 e. The van der Waals surface area contributed by atoms with Crippen molar-refractivity contribution in [2.24, 2.45) is 5.92 Å². The molecule has 1 fully saturated rings. The second-order valence-corrected chi connectivity index (χ2v) is 6.34. The van der Waals surface area contributed by atoms with Gasteiger partial charge in [0.1, 0.15) is 0 Å². The van der Waals surface area contributed by atoms with Crippen molar-refractivity contribution in [3.8, 4) is 0 Å². The molecule has 3 heteroatoms. The highest BCUT2D eigenvalue weighted by Gasteiger charge is 2.20. The summed E-state index contributed by atoms with van der Waals surface area (Å²) in [7, 11) is 2.05. The topological polar surface area (TPSA) is 15.3 Å². The molecule has 1 heterocycles. The summed E-state index contributed by atoms with van der Waals surface area (Å²) >= 11 is 1.97. The molecule has 1 unspecified atom stereocenters. The summed E-state index contributed by atoms with van der Waals surface area (Å²) < 4.78 is 0. The van der Waals surface area contributed by atoms with E-state index < -0.39 is 0 Å². The number of nitrogens with one attached hydrogen (secondary N) is 1. The number of hydrogen-bond donors (Lipinski definition) is 1. The van der Waals surface area contributed by atoms with E-state index >= 15 is 0 Å². The summed E-state index contributed by atoms with van der Waals surface area (Å²) in [6.07, 6.45) is 1.36. The van der Waals surface area contributed by atoms with E-state index in [1.165, 1.54) is 48.8 Å². The summed E-state index contributed by atoms with van der Waals surface area (Å²) in [5, 5.41) is 3.29. The van der Waals surface area contributed by atoms with Crippen molar-refractivity contribution >= 4 is 11.8 Å². The second-order valence-electron chi connectivity index (χ2n) is 5.17. The Bertz CT molecular complexity index is 350. The van der Waals surface area contributed by atoms with Crippen LogP contribution in [0.2, 0.25) is 0 Å². The Morgan fingerprint density at radius 1 is 1.33 bits per heavy atom. The fraction of sp³-hybridized carbons (Fsp3) is 0.600. The molecule has 2 rings (SSSR count). The SMILES string of the molecule is CNCC1CCN(CCSc2ccc(C)cc2)C1. The van der Waals surface area contributed by atoms with Crippen LogP contribution in [0.5, 0.6) is 0 Å². The lowest BCUT2D eigenvalue weighted by Crippen LogP contribution is -2.26. The molecule has 1 aliphatic rings. The first kappa shape index (κ1) is 13.9. The van der Waals surface area contributed by atoms with Crippen molar-refractivity contribution in [3.05, 3.63) is 29.8 Å². The molecule has 1 N–H and O–H groups in total. The predicted molar refractivity (Wildman–Crippen MR) is 80.4 cm³/mol. The zero-order chi connectivity index (χ0) is 12.8. The molecule has 1 aromatic rings. The molecular weight excluding hydrogens is 240 g/mol. The number of thioether (sulfide) groups is 1. The minimum Gasteiger partial charge on any atom is -0.319 e. The van der Waals surface area contributed by atoms with Gasteiger partial charge >= 0.3 is 0 Å². The van der Waals surface area contributed by atoms with Gasteiger partial charge in [0.2, 0.25) is 0 Å². The molecule has 18 heavy (non-hydrogen) atoms. The molecule has 0 aliphatic carbocycles. The van der Waals surface area contributed by atoms with Gasteiger partial charge in [-0.05, 0) is 51.5 Å². The van der Waals surface area contributed by atoms with Crippen molar-refractivity contribution in [1.82, 2.24) is 10.2 Å². The fourth-order valence-corrected chi connectivity index (χ4v) is 3.41. The molecule has 100 valence electrons. The number of aryl methyl sites for hydroxylation is 1. The molecule has 1 aliphatic heterocycles. The average Bonchev–Trinajstić information content (AvgIpc) is 2.80. The van der Waals surface area contributed by atoms with Crippen molar-refractivity contribution < 1.29 is 0 Å². The average molecular weight is 264 g/mol. The van der Waals surface area contributed by atoms with Gasteiger partial charge in [0.25, 0.3) is 0 Å². The number of hydrogen-bond acceptors (Lipinski definition) is 3. The number of benzene rings is 1. The Labute approximate surface area is 115 Å². The second kappa shape index (κ2) is 7.17. The molecule has 0 amide bonds. The molecule has 0 saturated carbocycles. The van der Waals surface area contributed by atoms with Crippen LogP contribution in [0.3, 0.4) is 0 Å². The van der Waals surface area contributed by atoms with E-state index in [2.05, 4.69) is 48.5 Å². The van der Waals surface area contributed by atoms with E-state index in [4.69, 9.17) is 0 Å². The van der Waals surface area contributed by atoms with Gasteiger partial charge in [0, 0.05) is 23.7 Å². The summed E-state index contributed by atoms with van der Waals surface area (Å²) in [6.45, 7) is 7.08. The maximum absolute atomic E-state index is 3.29. The van der Waals surface area contributed by atoms with Crippen LogP contribution in [0.4, 0.5) is 0 Å². The van der Waals surface area contributed by atoms with E-state index in [0.29, 0.717) is 0 Å². The fourth-order valence-electron chi connectivity index (χ4n) is 2.50. The smallest absolute Gasteiger partial charge is 0.0108 e. The Hall–Kier alpha value is -0.510. The van der Waals surface area contributed by atoms with E-state index in [-0.39, 0.29) is 0 Å². The van der Waals surface area contributed by atoms with Gasteiger partial charge in [0.15, 0.2) is 0 Å². The van der Waals surface area contributed by atoms with Gasteiger partial charge in [0.05, 0.1) is 0 Å². The normalized spacial score (nSPS) is 20.4. The maximum atomic E-state index is 3.29. The summed E-state index contributed by atoms with van der Waals surface area (Å²) in [6, 6.07) is 8.85. The van der Waals surface area contributed by atoms with Crippen molar-refractivity contribution in [1.29, 1.82) is 0 Å². The quantitative estimate of drug-likeness (QED) is 0.795. The highest BCUT2D eigenvalue weighted by Crippen LogP contribution is 2.20. The monoisotopic (exact) mass is 264 g/mol. The van der Waals surface area contributed by atoms with E-state index in [0.717, 1.165) is 5.92 Å². The van der Waals surface area contributed by atoms with Crippen molar-refractivity contribution in [3.63, 3.8) is 0 Å². The molecule has 0 spiro atoms. The van der Waals surface area contributed by atoms with Crippen LogP contribution in [0.15, 0.2) is 29.2 Å². The molecule has 1 atom stereocenters. The van der Waals surface area contributed by atoms with Crippen LogP contribution in [-0.2, 0) is 0 Å². The lowest BCUT2D eigenvalue weighted by molar-refractivity contribution is 0.343. The third-order valence-electron chi connectivity index (χ3n) is 3.56. The first-order valence-electron chi connectivity index (χ1n) is 6.84. The molecule has 0 bridgehead atoms. The highest BCUT2D eigenvalue weighted by molar-refractivity contribution is 7.99. The van der Waals surface area contributed by atoms with E-state index in [9.17, 15) is 0 Å². The predicted octanol–water partition coefficient (Wildman–Crippen LogP) is 2.63. The van der Waals surface area contributed by atoms with E-state index in [1.807, 2.05) is 11.8 Å². The van der Waals surface area contributed by atoms with Crippen LogP contribution in [0, 0.1) is 12.8 Å². The molecule has 1 saturated heterocycles. The molecule has 0 radical (unpaired) electrons. The zero-order valence-electron chi connectivity index (χ0n) is 11.5. The Morgan fingerprint density at radius 3 is 2.83 bits per heavy atom. The van der Waals surface area contributed by atoms with E-state index in [1.54, 1.807) is 0 Å². The van der Waals surface area contributed by atoms with Gasteiger partial charge in [-0.25, -0.2) is 0 Å². The van der Waals surface area contributed by atoms with Crippen LogP contribution < -0.4 is 5.32 Å². The minimum absolute atomic E-state index is 0.861. The third-order valence-corrected chi connectivity index (χ3v) is 4.55. The number of likely N-dealkylation sites (tertiary alicyclic amines) is 1. The first-order valence-corrected chi connectivity index (χ1v) is 7.83. The summed E-state index contributed by atoms with van der Waals surface area (Å²) in [5.74, 6) is 2.06. The molecule has 1 aromatic carbocycles. The summed E-state index contributed by atoms with van der Waals surface area (Å²) in [5.41, 5.74) is 1.34. The van der Waals surface area contributed by atoms with Gasteiger partial charge < -0.3 is 10.2 Å². The Balaban J connectivity index is 1.65. The molecular formula is C15H24N2S. The highest BCUT2D eigenvalue weighted by atomic mass is 32.2. The van der Waals surface area contributed by atoms with Gasteiger partial charge in [-0.1, -0.05) is 17.7 Å². The molecule has 2 nitrogen and oxygen atoms in total. The standard InChI is InChI=1S/C15H24N2S/c1-13-3-5-15(6-4-13)18-10-9-17-8-7-14(12-17)11-16-2/h3-6,14,16H,7-12H2,1-2H3. The van der Waals surface area contributed by atoms with Crippen LogP contribution in [0.1, 0.15) is 12.0 Å². The lowest BCUT2D eigenvalue weighted by atomic mass is 10.1. The minimum atomic E-state index is 0.861. The first-order chi connectivity index (χ1) is 8.78. The Kier molecular flexibility index (Phi) is 5.54. The lowest BCUT2D eigenvalue weighted by Gasteiger charge is -2.15. The van der Waals surface area contributed by atoms with Crippen LogP contribution in [0.25, 0.3) is 0 Å². The third kappa shape index (κ3) is 4.30. The van der Waals surface area contributed by atoms with Gasteiger partial charge in [-0.2, -0.15) is 0 Å².